The van der Waals surface area contributed by atoms with Gasteiger partial charge in [-0.2, -0.15) is 0 Å². The molecule has 0 aromatic carbocycles. The van der Waals surface area contributed by atoms with Gasteiger partial charge in [-0.3, -0.25) is 10.2 Å². The van der Waals surface area contributed by atoms with Gasteiger partial charge in [0.2, 0.25) is 0 Å². The first-order valence-electron chi connectivity index (χ1n) is 3.64. The molecule has 0 spiro atoms. The maximum absolute atomic E-state index is 4.76. The Morgan fingerprint density at radius 3 is 1.87 bits per heavy atom. The van der Waals surface area contributed by atoms with Crippen molar-refractivity contribution in [2.24, 2.45) is 0 Å². The molecule has 0 fully saturated rings. The molecule has 0 bridgehead atoms. The van der Waals surface area contributed by atoms with Crippen LogP contribution in [0.5, 0.6) is 0 Å². The summed E-state index contributed by atoms with van der Waals surface area (Å²) in [6, 6.07) is 1.74. The highest BCUT2D eigenvalue weighted by atomic mass is 32.2. The predicted molar refractivity (Wildman–Crippen MR) is 71.5 cm³/mol. The van der Waals surface area contributed by atoms with Crippen LogP contribution in [0.25, 0.3) is 0 Å². The molecule has 2 rings (SSSR count). The Morgan fingerprint density at radius 2 is 1.60 bits per heavy atom. The molecule has 4 N–H and O–H groups in total. The third-order valence-electron chi connectivity index (χ3n) is 1.14. The Labute approximate surface area is 109 Å². The molecule has 0 aliphatic heterocycles. The van der Waals surface area contributed by atoms with E-state index in [1.807, 2.05) is 0 Å². The summed E-state index contributed by atoms with van der Waals surface area (Å²) in [5, 5.41) is 5.34. The highest BCUT2D eigenvalue weighted by Gasteiger charge is 1.75. The van der Waals surface area contributed by atoms with E-state index in [0.29, 0.717) is 17.3 Å². The minimum Gasteiger partial charge on any atom is -0.339 e. The standard InChI is InChI=1S/C4H4N2S2.C2H2N2S3/c7-3-1-2-5-4(8)6-3;5-1-3-4-2(6)7-1/h1-2H,(H2,5,6,7,8);(H,3,5)(H,4,6). The van der Waals surface area contributed by atoms with Crippen LogP contribution in [-0.4, -0.2) is 20.2 Å². The average Bonchev–Trinajstić information content (AvgIpc) is 2.50. The lowest BCUT2D eigenvalue weighted by molar-refractivity contribution is 1.07. The highest BCUT2D eigenvalue weighted by molar-refractivity contribution is 7.75. The quantitative estimate of drug-likeness (QED) is 0.560. The van der Waals surface area contributed by atoms with E-state index in [0.717, 1.165) is 0 Å². The molecule has 2 aromatic rings. The van der Waals surface area contributed by atoms with Crippen molar-refractivity contribution in [1.82, 2.24) is 20.2 Å². The molecule has 2 aromatic heterocycles. The maximum atomic E-state index is 4.76. The van der Waals surface area contributed by atoms with Crippen LogP contribution >= 0.6 is 60.2 Å². The Bertz CT molecular complexity index is 576. The van der Waals surface area contributed by atoms with Crippen molar-refractivity contribution in [2.45, 2.75) is 0 Å². The van der Waals surface area contributed by atoms with Gasteiger partial charge in [0.15, 0.2) is 12.7 Å². The molecule has 4 nitrogen and oxygen atoms in total. The van der Waals surface area contributed by atoms with Crippen molar-refractivity contribution in [3.8, 4) is 0 Å². The molecule has 0 radical (unpaired) electrons. The topological polar surface area (TPSA) is 63.2 Å². The Morgan fingerprint density at radius 1 is 1.00 bits per heavy atom. The van der Waals surface area contributed by atoms with E-state index in [1.165, 1.54) is 11.3 Å². The molecular weight excluding hydrogens is 288 g/mol. The van der Waals surface area contributed by atoms with Gasteiger partial charge in [-0.25, -0.2) is 0 Å². The van der Waals surface area contributed by atoms with Gasteiger partial charge in [0, 0.05) is 6.20 Å². The van der Waals surface area contributed by atoms with E-state index in [9.17, 15) is 0 Å². The number of hydrogen-bond donors (Lipinski definition) is 4. The van der Waals surface area contributed by atoms with E-state index in [4.69, 9.17) is 48.9 Å². The van der Waals surface area contributed by atoms with Crippen molar-refractivity contribution in [3.63, 3.8) is 0 Å². The van der Waals surface area contributed by atoms with Gasteiger partial charge in [-0.05, 0) is 42.7 Å². The predicted octanol–water partition coefficient (Wildman–Crippen LogP) is 3.67. The van der Waals surface area contributed by atoms with Crippen LogP contribution in [-0.2, 0) is 0 Å². The van der Waals surface area contributed by atoms with Crippen LogP contribution < -0.4 is 0 Å². The second-order valence-corrected chi connectivity index (χ2v) is 5.43. The van der Waals surface area contributed by atoms with Crippen LogP contribution in [0.1, 0.15) is 0 Å². The molecular formula is C6H6N4S5. The lowest BCUT2D eigenvalue weighted by Gasteiger charge is -1.80. The fraction of sp³-hybridized carbons (Fsp3) is 0. The third-order valence-corrected chi connectivity index (χ3v) is 2.87. The molecule has 0 aliphatic rings. The van der Waals surface area contributed by atoms with Crippen molar-refractivity contribution >= 4 is 60.2 Å². The van der Waals surface area contributed by atoms with Crippen LogP contribution in [0.4, 0.5) is 0 Å². The zero-order chi connectivity index (χ0) is 11.3. The third kappa shape index (κ3) is 5.23. The number of nitrogens with one attached hydrogen (secondary N) is 4. The number of hydrogen-bond acceptors (Lipinski definition) is 5. The molecule has 0 unspecified atom stereocenters. The monoisotopic (exact) mass is 294 g/mol. The normalized spacial score (nSPS) is 9.07. The van der Waals surface area contributed by atoms with Gasteiger partial charge in [0.25, 0.3) is 0 Å². The summed E-state index contributed by atoms with van der Waals surface area (Å²) in [7, 11) is 0. The number of aromatic nitrogens is 4. The van der Waals surface area contributed by atoms with Crippen molar-refractivity contribution in [3.05, 3.63) is 29.6 Å². The minimum atomic E-state index is 0.567. The highest BCUT2D eigenvalue weighted by Crippen LogP contribution is 1.94. The molecule has 15 heavy (non-hydrogen) atoms. The first-order valence-corrected chi connectivity index (χ1v) is 6.08. The lowest BCUT2D eigenvalue weighted by atomic mass is 10.7. The zero-order valence-electron chi connectivity index (χ0n) is 7.20. The summed E-state index contributed by atoms with van der Waals surface area (Å²) in [6.45, 7) is 0. The first-order chi connectivity index (χ1) is 7.08. The molecule has 0 amide bonds. The molecule has 0 aliphatic carbocycles. The minimum absolute atomic E-state index is 0.567. The smallest absolute Gasteiger partial charge is 0.175 e. The van der Waals surface area contributed by atoms with Gasteiger partial charge < -0.3 is 9.97 Å². The second kappa shape index (κ2) is 6.18. The summed E-state index contributed by atoms with van der Waals surface area (Å²) in [6.07, 6.45) is 1.71. The fourth-order valence-electron chi connectivity index (χ4n) is 0.620. The van der Waals surface area contributed by atoms with Crippen molar-refractivity contribution in [1.29, 1.82) is 0 Å². The molecule has 2 heterocycles. The van der Waals surface area contributed by atoms with E-state index in [-0.39, 0.29) is 0 Å². The Balaban J connectivity index is 0.000000151. The van der Waals surface area contributed by atoms with Gasteiger partial charge in [-0.1, -0.05) is 23.6 Å². The molecule has 0 saturated heterocycles. The first kappa shape index (κ1) is 12.6. The molecule has 0 saturated carbocycles. The summed E-state index contributed by atoms with van der Waals surface area (Å²) in [4.78, 5) is 5.51. The molecule has 0 atom stereocenters. The van der Waals surface area contributed by atoms with Crippen LogP contribution in [0.15, 0.2) is 12.3 Å². The lowest BCUT2D eigenvalue weighted by Crippen LogP contribution is -1.76. The largest absolute Gasteiger partial charge is 0.339 e. The van der Waals surface area contributed by atoms with E-state index < -0.39 is 0 Å². The van der Waals surface area contributed by atoms with E-state index in [1.54, 1.807) is 12.3 Å². The average molecular weight is 294 g/mol. The van der Waals surface area contributed by atoms with Crippen LogP contribution in [0.3, 0.4) is 0 Å². The number of aromatic amines is 4. The summed E-state index contributed by atoms with van der Waals surface area (Å²) in [5.41, 5.74) is 0. The van der Waals surface area contributed by atoms with Gasteiger partial charge in [0.05, 0.1) is 0 Å². The molecule has 9 heteroatoms. The fourth-order valence-corrected chi connectivity index (χ4v) is 2.17. The van der Waals surface area contributed by atoms with E-state index >= 15 is 0 Å². The van der Waals surface area contributed by atoms with Crippen molar-refractivity contribution < 1.29 is 0 Å². The van der Waals surface area contributed by atoms with Gasteiger partial charge >= 0.3 is 0 Å². The molecule has 80 valence electrons. The second-order valence-electron chi connectivity index (χ2n) is 2.22. The van der Waals surface area contributed by atoms with Crippen LogP contribution in [0.2, 0.25) is 0 Å². The van der Waals surface area contributed by atoms with Gasteiger partial charge in [-0.15, -0.1) is 0 Å². The summed E-state index contributed by atoms with van der Waals surface area (Å²) < 4.78 is 2.63. The SMILES string of the molecule is S=c1[nH][nH]c(=S)s1.S=c1cc[nH]c(=S)[nH]1. The number of rotatable bonds is 0. The summed E-state index contributed by atoms with van der Waals surface area (Å²) >= 11 is 20.2. The maximum Gasteiger partial charge on any atom is 0.175 e. The van der Waals surface area contributed by atoms with Crippen LogP contribution in [0, 0.1) is 17.3 Å². The van der Waals surface area contributed by atoms with E-state index in [2.05, 4.69) is 20.2 Å². The Kier molecular flexibility index (Phi) is 5.19. The Hall–Kier alpha value is -0.480. The van der Waals surface area contributed by atoms with Gasteiger partial charge in [0.1, 0.15) is 4.64 Å². The number of H-pyrrole nitrogens is 4. The zero-order valence-corrected chi connectivity index (χ0v) is 11.3. The van der Waals surface area contributed by atoms with Crippen molar-refractivity contribution in [2.75, 3.05) is 0 Å². The summed E-state index contributed by atoms with van der Waals surface area (Å²) in [5.74, 6) is 0.